The van der Waals surface area contributed by atoms with Crippen LogP contribution in [0.1, 0.15) is 18.9 Å². The minimum Gasteiger partial charge on any atom is -0.444 e. The minimum absolute atomic E-state index is 0.00533. The summed E-state index contributed by atoms with van der Waals surface area (Å²) in [6.45, 7) is 4.12. The third kappa shape index (κ3) is 3.17. The number of hydrogen-bond acceptors (Lipinski definition) is 7. The van der Waals surface area contributed by atoms with Gasteiger partial charge in [0, 0.05) is 43.0 Å². The number of amides is 1. The lowest BCUT2D eigenvalue weighted by Gasteiger charge is -2.42. The van der Waals surface area contributed by atoms with Crippen molar-refractivity contribution in [2.45, 2.75) is 37.4 Å². The Morgan fingerprint density at radius 1 is 1.36 bits per heavy atom. The van der Waals surface area contributed by atoms with E-state index in [1.807, 2.05) is 17.7 Å². The first-order chi connectivity index (χ1) is 13.4. The predicted octanol–water partition coefficient (Wildman–Crippen LogP) is 2.67. The van der Waals surface area contributed by atoms with E-state index in [0.717, 1.165) is 18.9 Å². The quantitative estimate of drug-likeness (QED) is 0.479. The van der Waals surface area contributed by atoms with Crippen molar-refractivity contribution in [2.75, 3.05) is 18.0 Å². The van der Waals surface area contributed by atoms with E-state index in [4.69, 9.17) is 4.74 Å². The van der Waals surface area contributed by atoms with Gasteiger partial charge in [0.05, 0.1) is 17.7 Å². The number of nitrogens with zero attached hydrogens (tertiary/aromatic N) is 5. The zero-order valence-corrected chi connectivity index (χ0v) is 16.3. The maximum Gasteiger partial charge on any atom is 0.412 e. The Labute approximate surface area is 167 Å². The summed E-state index contributed by atoms with van der Waals surface area (Å²) >= 11 is 4.61. The van der Waals surface area contributed by atoms with Gasteiger partial charge in [-0.1, -0.05) is 0 Å². The number of nitro groups is 1. The van der Waals surface area contributed by atoms with Crippen molar-refractivity contribution < 1.29 is 14.5 Å². The van der Waals surface area contributed by atoms with Gasteiger partial charge in [-0.05, 0) is 24.6 Å². The molecular formula is C18H21N5O4S. The molecular weight excluding hydrogens is 382 g/mol. The summed E-state index contributed by atoms with van der Waals surface area (Å²) < 4.78 is 7.45. The van der Waals surface area contributed by atoms with Gasteiger partial charge in [-0.2, -0.15) is 17.7 Å². The minimum atomic E-state index is -0.548. The van der Waals surface area contributed by atoms with E-state index >= 15 is 0 Å². The van der Waals surface area contributed by atoms with Crippen LogP contribution in [-0.2, 0) is 17.9 Å². The highest BCUT2D eigenvalue weighted by Gasteiger charge is 2.50. The first kappa shape index (κ1) is 18.6. The Bertz CT molecular complexity index is 902. The van der Waals surface area contributed by atoms with Crippen LogP contribution in [0, 0.1) is 10.1 Å². The standard InChI is InChI=1S/C18H21N5O4S/c1-18(20-8-9-22-16(20)6-7-19-22)10-15(28)11-21(18)17(24)27-12-13-2-4-14(5-3-13)23(25)26/h2-7,15,28H,8-12H2,1H3/t15-,18-/m0/s1. The smallest absolute Gasteiger partial charge is 0.412 e. The molecule has 0 radical (unpaired) electrons. The normalized spacial score (nSPS) is 23.7. The van der Waals surface area contributed by atoms with E-state index < -0.39 is 16.7 Å². The van der Waals surface area contributed by atoms with Gasteiger partial charge in [-0.15, -0.1) is 0 Å². The molecule has 0 spiro atoms. The second kappa shape index (κ2) is 7.01. The molecule has 0 N–H and O–H groups in total. The summed E-state index contributed by atoms with van der Waals surface area (Å²) in [6, 6.07) is 7.94. The van der Waals surface area contributed by atoms with Crippen molar-refractivity contribution in [3.05, 3.63) is 52.2 Å². The number of benzene rings is 1. The van der Waals surface area contributed by atoms with E-state index in [1.54, 1.807) is 23.2 Å². The van der Waals surface area contributed by atoms with Gasteiger partial charge in [0.25, 0.3) is 5.69 Å². The number of anilines is 1. The molecule has 2 aliphatic heterocycles. The highest BCUT2D eigenvalue weighted by atomic mass is 32.1. The number of non-ortho nitro benzene ring substituents is 1. The van der Waals surface area contributed by atoms with Crippen LogP contribution in [-0.4, -0.2) is 49.7 Å². The number of aromatic nitrogens is 2. The van der Waals surface area contributed by atoms with Crippen molar-refractivity contribution in [1.29, 1.82) is 0 Å². The first-order valence-corrected chi connectivity index (χ1v) is 9.55. The second-order valence-corrected chi connectivity index (χ2v) is 7.96. The molecule has 1 aromatic carbocycles. The van der Waals surface area contributed by atoms with Gasteiger partial charge in [0.2, 0.25) is 0 Å². The molecule has 148 valence electrons. The van der Waals surface area contributed by atoms with Crippen LogP contribution in [0.3, 0.4) is 0 Å². The van der Waals surface area contributed by atoms with Crippen molar-refractivity contribution in [3.63, 3.8) is 0 Å². The van der Waals surface area contributed by atoms with Crippen molar-refractivity contribution >= 4 is 30.2 Å². The molecule has 0 bridgehead atoms. The number of carbonyl (C=O) groups is 1. The number of fused-ring (bicyclic) bond motifs is 1. The van der Waals surface area contributed by atoms with Crippen LogP contribution in [0.4, 0.5) is 16.3 Å². The molecule has 0 saturated carbocycles. The highest BCUT2D eigenvalue weighted by molar-refractivity contribution is 7.81. The molecule has 2 atom stereocenters. The molecule has 1 fully saturated rings. The fourth-order valence-electron chi connectivity index (χ4n) is 4.02. The van der Waals surface area contributed by atoms with Crippen molar-refractivity contribution in [2.24, 2.45) is 0 Å². The Balaban J connectivity index is 1.47. The number of ether oxygens (including phenoxy) is 1. The summed E-state index contributed by atoms with van der Waals surface area (Å²) in [7, 11) is 0. The van der Waals surface area contributed by atoms with Crippen molar-refractivity contribution in [3.8, 4) is 0 Å². The largest absolute Gasteiger partial charge is 0.444 e. The van der Waals surface area contributed by atoms with Crippen LogP contribution in [0.5, 0.6) is 0 Å². The first-order valence-electron chi connectivity index (χ1n) is 9.04. The number of hydrogen-bond donors (Lipinski definition) is 1. The summed E-state index contributed by atoms with van der Waals surface area (Å²) in [5.74, 6) is 0.984. The summed E-state index contributed by atoms with van der Waals surface area (Å²) in [6.07, 6.45) is 2.05. The molecule has 3 heterocycles. The molecule has 4 rings (SSSR count). The Hall–Kier alpha value is -2.75. The van der Waals surface area contributed by atoms with E-state index in [-0.39, 0.29) is 17.5 Å². The molecule has 9 nitrogen and oxygen atoms in total. The topological polar surface area (TPSA) is 93.7 Å². The number of thiol groups is 1. The molecule has 1 amide bonds. The number of likely N-dealkylation sites (tertiary alicyclic amines) is 1. The maximum absolute atomic E-state index is 12.9. The maximum atomic E-state index is 12.9. The Kier molecular flexibility index (Phi) is 4.66. The third-order valence-corrected chi connectivity index (χ3v) is 5.76. The summed E-state index contributed by atoms with van der Waals surface area (Å²) in [5.41, 5.74) is 0.153. The molecule has 0 aliphatic carbocycles. The average molecular weight is 403 g/mol. The lowest BCUT2D eigenvalue weighted by Crippen LogP contribution is -2.57. The lowest BCUT2D eigenvalue weighted by molar-refractivity contribution is -0.384. The van der Waals surface area contributed by atoms with Crippen LogP contribution < -0.4 is 4.90 Å². The second-order valence-electron chi connectivity index (χ2n) is 7.23. The van der Waals surface area contributed by atoms with Gasteiger partial charge in [-0.3, -0.25) is 15.0 Å². The molecule has 0 unspecified atom stereocenters. The molecule has 2 aromatic rings. The van der Waals surface area contributed by atoms with Gasteiger partial charge < -0.3 is 9.64 Å². The zero-order valence-electron chi connectivity index (χ0n) is 15.4. The zero-order chi connectivity index (χ0) is 19.9. The summed E-state index contributed by atoms with van der Waals surface area (Å²) in [5, 5.41) is 15.1. The molecule has 28 heavy (non-hydrogen) atoms. The predicted molar refractivity (Wildman–Crippen MR) is 105 cm³/mol. The third-order valence-electron chi connectivity index (χ3n) is 5.41. The van der Waals surface area contributed by atoms with Crippen molar-refractivity contribution in [1.82, 2.24) is 14.7 Å². The van der Waals surface area contributed by atoms with Crippen LogP contribution in [0.25, 0.3) is 0 Å². The molecule has 10 heteroatoms. The monoisotopic (exact) mass is 403 g/mol. The fraction of sp³-hybridized carbons (Fsp3) is 0.444. The van der Waals surface area contributed by atoms with Crippen LogP contribution in [0.15, 0.2) is 36.5 Å². The van der Waals surface area contributed by atoms with Gasteiger partial charge in [0.15, 0.2) is 0 Å². The van der Waals surface area contributed by atoms with Gasteiger partial charge in [0.1, 0.15) is 18.1 Å². The summed E-state index contributed by atoms with van der Waals surface area (Å²) in [4.78, 5) is 27.1. The van der Waals surface area contributed by atoms with Gasteiger partial charge in [-0.25, -0.2) is 9.48 Å². The number of carbonyl (C=O) groups excluding carboxylic acids is 1. The molecule has 1 aromatic heterocycles. The average Bonchev–Trinajstić information content (AvgIpc) is 3.34. The lowest BCUT2D eigenvalue weighted by atomic mass is 10.1. The van der Waals surface area contributed by atoms with E-state index in [0.29, 0.717) is 18.5 Å². The van der Waals surface area contributed by atoms with E-state index in [1.165, 1.54) is 12.1 Å². The number of rotatable bonds is 4. The molecule has 2 aliphatic rings. The van der Waals surface area contributed by atoms with Gasteiger partial charge >= 0.3 is 6.09 Å². The number of nitro benzene ring substituents is 1. The SMILES string of the molecule is C[C@@]1(N2CCn3nccc32)C[C@H](S)CN1C(=O)OCc1ccc([N+](=O)[O-])cc1. The van der Waals surface area contributed by atoms with Crippen LogP contribution in [0.2, 0.25) is 0 Å². The van der Waals surface area contributed by atoms with E-state index in [2.05, 4.69) is 22.6 Å². The Morgan fingerprint density at radius 2 is 2.11 bits per heavy atom. The Morgan fingerprint density at radius 3 is 2.82 bits per heavy atom. The van der Waals surface area contributed by atoms with E-state index in [9.17, 15) is 14.9 Å². The highest BCUT2D eigenvalue weighted by Crippen LogP contribution is 2.40. The van der Waals surface area contributed by atoms with Crippen LogP contribution >= 0.6 is 12.6 Å². The molecule has 1 saturated heterocycles. The fourth-order valence-corrected chi connectivity index (χ4v) is 4.53.